The Morgan fingerprint density at radius 1 is 1.11 bits per heavy atom. The van der Waals surface area contributed by atoms with Gasteiger partial charge in [-0.25, -0.2) is 4.79 Å². The summed E-state index contributed by atoms with van der Waals surface area (Å²) in [6.45, 7) is 2.83. The van der Waals surface area contributed by atoms with Gasteiger partial charge in [-0.05, 0) is 37.3 Å². The fraction of sp³-hybridized carbons (Fsp3) is 0.391. The average Bonchev–Trinajstić information content (AvgIpc) is 2.72. The molecule has 1 fully saturated rings. The molecule has 2 N–H and O–H groups in total. The molecule has 2 aromatic rings. The quantitative estimate of drug-likeness (QED) is 0.714. The third-order valence-electron chi connectivity index (χ3n) is 5.32. The molecule has 1 aliphatic heterocycles. The molecule has 1 unspecified atom stereocenters. The highest BCUT2D eigenvalue weighted by Crippen LogP contribution is 2.33. The van der Waals surface area contributed by atoms with Crippen LogP contribution in [0.4, 0.5) is 4.79 Å². The Morgan fingerprint density at radius 2 is 1.79 bits per heavy atom. The fourth-order valence-corrected chi connectivity index (χ4v) is 3.75. The smallest absolute Gasteiger partial charge is 0.407 e. The molecule has 0 radical (unpaired) electrons. The van der Waals surface area contributed by atoms with Gasteiger partial charge in [-0.1, -0.05) is 60.7 Å². The first-order valence-electron chi connectivity index (χ1n) is 9.93. The number of rotatable bonds is 7. The second-order valence-corrected chi connectivity index (χ2v) is 7.38. The topological polar surface area (TPSA) is 67.4 Å². The lowest BCUT2D eigenvalue weighted by atomic mass is 9.79. The maximum Gasteiger partial charge on any atom is 0.407 e. The van der Waals surface area contributed by atoms with Gasteiger partial charge in [0.1, 0.15) is 6.61 Å². The minimum absolute atomic E-state index is 0.0245. The van der Waals surface area contributed by atoms with Crippen molar-refractivity contribution in [2.45, 2.75) is 44.8 Å². The van der Waals surface area contributed by atoms with Gasteiger partial charge in [-0.3, -0.25) is 4.79 Å². The third kappa shape index (κ3) is 5.59. The molecule has 3 atom stereocenters. The second-order valence-electron chi connectivity index (χ2n) is 7.38. The Labute approximate surface area is 166 Å². The van der Waals surface area contributed by atoms with Crippen molar-refractivity contribution in [3.63, 3.8) is 0 Å². The van der Waals surface area contributed by atoms with E-state index in [0.29, 0.717) is 12.5 Å². The van der Waals surface area contributed by atoms with Crippen LogP contribution in [0.3, 0.4) is 0 Å². The Kier molecular flexibility index (Phi) is 7.06. The SMILES string of the molecule is C[C@H]1NC(=O)C(CCCNC(=O)OCc2ccccc2)C[C@H]1c1ccccc1. The summed E-state index contributed by atoms with van der Waals surface area (Å²) in [7, 11) is 0. The van der Waals surface area contributed by atoms with Crippen molar-refractivity contribution in [1.82, 2.24) is 10.6 Å². The van der Waals surface area contributed by atoms with Gasteiger partial charge in [0.25, 0.3) is 0 Å². The van der Waals surface area contributed by atoms with E-state index < -0.39 is 6.09 Å². The summed E-state index contributed by atoms with van der Waals surface area (Å²) >= 11 is 0. The van der Waals surface area contributed by atoms with E-state index in [1.165, 1.54) is 5.56 Å². The summed E-state index contributed by atoms with van der Waals surface area (Å²) in [5.41, 5.74) is 2.22. The Balaban J connectivity index is 1.40. The number of carbonyl (C=O) groups is 2. The molecule has 28 heavy (non-hydrogen) atoms. The fourth-order valence-electron chi connectivity index (χ4n) is 3.75. The Hall–Kier alpha value is -2.82. The molecule has 0 spiro atoms. The molecule has 0 bridgehead atoms. The van der Waals surface area contributed by atoms with Gasteiger partial charge < -0.3 is 15.4 Å². The molecule has 2 aromatic carbocycles. The molecule has 5 heteroatoms. The van der Waals surface area contributed by atoms with Crippen molar-refractivity contribution >= 4 is 12.0 Å². The summed E-state index contributed by atoms with van der Waals surface area (Å²) < 4.78 is 5.20. The molecule has 0 aromatic heterocycles. The number of hydrogen-bond acceptors (Lipinski definition) is 3. The first-order valence-corrected chi connectivity index (χ1v) is 9.93. The Morgan fingerprint density at radius 3 is 2.50 bits per heavy atom. The van der Waals surface area contributed by atoms with E-state index in [1.54, 1.807) is 0 Å². The number of carbonyl (C=O) groups excluding carboxylic acids is 2. The summed E-state index contributed by atoms with van der Waals surface area (Å²) in [5, 5.41) is 5.88. The minimum atomic E-state index is -0.423. The van der Waals surface area contributed by atoms with E-state index in [0.717, 1.165) is 24.8 Å². The van der Waals surface area contributed by atoms with Gasteiger partial charge in [0, 0.05) is 24.4 Å². The lowest BCUT2D eigenvalue weighted by molar-refractivity contribution is -0.128. The van der Waals surface area contributed by atoms with E-state index in [4.69, 9.17) is 4.74 Å². The van der Waals surface area contributed by atoms with Crippen LogP contribution in [-0.2, 0) is 16.1 Å². The maximum atomic E-state index is 12.3. The average molecular weight is 380 g/mol. The van der Waals surface area contributed by atoms with Gasteiger partial charge in [0.15, 0.2) is 0 Å². The predicted molar refractivity (Wildman–Crippen MR) is 109 cm³/mol. The van der Waals surface area contributed by atoms with Crippen molar-refractivity contribution in [2.24, 2.45) is 5.92 Å². The Bertz CT molecular complexity index is 764. The van der Waals surface area contributed by atoms with Crippen LogP contribution in [0.2, 0.25) is 0 Å². The zero-order valence-electron chi connectivity index (χ0n) is 16.3. The number of nitrogens with one attached hydrogen (secondary N) is 2. The molecule has 1 saturated heterocycles. The van der Waals surface area contributed by atoms with E-state index in [2.05, 4.69) is 29.7 Å². The first-order chi connectivity index (χ1) is 13.6. The number of benzene rings is 2. The normalized spacial score (nSPS) is 21.6. The van der Waals surface area contributed by atoms with Gasteiger partial charge in [-0.15, -0.1) is 0 Å². The van der Waals surface area contributed by atoms with Gasteiger partial charge in [0.05, 0.1) is 0 Å². The largest absolute Gasteiger partial charge is 0.445 e. The van der Waals surface area contributed by atoms with E-state index in [-0.39, 0.29) is 24.5 Å². The molecule has 148 valence electrons. The van der Waals surface area contributed by atoms with Crippen LogP contribution in [0, 0.1) is 5.92 Å². The molecule has 1 heterocycles. The summed E-state index contributed by atoms with van der Waals surface area (Å²) in [4.78, 5) is 24.1. The van der Waals surface area contributed by atoms with Crippen LogP contribution in [0.15, 0.2) is 60.7 Å². The molecule has 5 nitrogen and oxygen atoms in total. The standard InChI is InChI=1S/C23H28N2O3/c1-17-21(19-11-6-3-7-12-19)15-20(22(26)25-17)13-8-14-24-23(27)28-16-18-9-4-2-5-10-18/h2-7,9-12,17,20-21H,8,13-16H2,1H3,(H,24,27)(H,25,26)/t17-,20?,21-/m1/s1. The van der Waals surface area contributed by atoms with Gasteiger partial charge in [0.2, 0.25) is 5.91 Å². The van der Waals surface area contributed by atoms with Crippen LogP contribution in [0.5, 0.6) is 0 Å². The number of piperidine rings is 1. The summed E-state index contributed by atoms with van der Waals surface area (Å²) in [6.07, 6.45) is 1.91. The van der Waals surface area contributed by atoms with Crippen LogP contribution in [-0.4, -0.2) is 24.6 Å². The highest BCUT2D eigenvalue weighted by Gasteiger charge is 2.33. The molecule has 0 saturated carbocycles. The summed E-state index contributed by atoms with van der Waals surface area (Å²) in [5.74, 6) is 0.419. The van der Waals surface area contributed by atoms with Crippen molar-refractivity contribution in [3.8, 4) is 0 Å². The summed E-state index contributed by atoms with van der Waals surface area (Å²) in [6, 6.07) is 20.1. The first kappa shape index (κ1) is 19.9. The number of amides is 2. The highest BCUT2D eigenvalue weighted by molar-refractivity contribution is 5.80. The van der Waals surface area contributed by atoms with Crippen LogP contribution >= 0.6 is 0 Å². The monoisotopic (exact) mass is 380 g/mol. The van der Waals surface area contributed by atoms with Crippen molar-refractivity contribution < 1.29 is 14.3 Å². The maximum absolute atomic E-state index is 12.3. The van der Waals surface area contributed by atoms with E-state index >= 15 is 0 Å². The van der Waals surface area contributed by atoms with Crippen molar-refractivity contribution in [1.29, 1.82) is 0 Å². The van der Waals surface area contributed by atoms with Crippen LogP contribution in [0.25, 0.3) is 0 Å². The molecular weight excluding hydrogens is 352 g/mol. The molecule has 1 aliphatic rings. The van der Waals surface area contributed by atoms with E-state index in [9.17, 15) is 9.59 Å². The van der Waals surface area contributed by atoms with Crippen molar-refractivity contribution in [3.05, 3.63) is 71.8 Å². The van der Waals surface area contributed by atoms with Crippen molar-refractivity contribution in [2.75, 3.05) is 6.54 Å². The zero-order chi connectivity index (χ0) is 19.8. The number of alkyl carbamates (subject to hydrolysis) is 1. The zero-order valence-corrected chi connectivity index (χ0v) is 16.3. The molecule has 3 rings (SSSR count). The van der Waals surface area contributed by atoms with E-state index in [1.807, 2.05) is 48.5 Å². The lowest BCUT2D eigenvalue weighted by Gasteiger charge is -2.35. The molecular formula is C23H28N2O3. The van der Waals surface area contributed by atoms with Crippen LogP contribution in [0.1, 0.15) is 43.2 Å². The third-order valence-corrected chi connectivity index (χ3v) is 5.32. The number of hydrogen-bond donors (Lipinski definition) is 2. The van der Waals surface area contributed by atoms with Gasteiger partial charge >= 0.3 is 6.09 Å². The minimum Gasteiger partial charge on any atom is -0.445 e. The molecule has 2 amide bonds. The number of ether oxygens (including phenoxy) is 1. The predicted octanol–water partition coefficient (Wildman–Crippen LogP) is 4.00. The van der Waals surface area contributed by atoms with Crippen LogP contribution < -0.4 is 10.6 Å². The molecule has 0 aliphatic carbocycles. The second kappa shape index (κ2) is 9.93. The highest BCUT2D eigenvalue weighted by atomic mass is 16.5. The van der Waals surface area contributed by atoms with Gasteiger partial charge in [-0.2, -0.15) is 0 Å². The lowest BCUT2D eigenvalue weighted by Crippen LogP contribution is -2.47.